The van der Waals surface area contributed by atoms with Crippen LogP contribution in [0.1, 0.15) is 49.5 Å². The minimum absolute atomic E-state index is 0.0865. The minimum Gasteiger partial charge on any atom is -0.491 e. The summed E-state index contributed by atoms with van der Waals surface area (Å²) in [6.07, 6.45) is 0.793. The molecule has 3 rings (SSSR count). The lowest BCUT2D eigenvalue weighted by Gasteiger charge is -2.15. The summed E-state index contributed by atoms with van der Waals surface area (Å²) in [6, 6.07) is 12.3. The molecule has 0 aromatic heterocycles. The molecule has 2 aromatic rings. The van der Waals surface area contributed by atoms with E-state index in [1.165, 1.54) is 0 Å². The first kappa shape index (κ1) is 21.4. The summed E-state index contributed by atoms with van der Waals surface area (Å²) in [5.74, 6) is -0.129. The predicted molar refractivity (Wildman–Crippen MR) is 114 cm³/mol. The van der Waals surface area contributed by atoms with Crippen molar-refractivity contribution in [3.63, 3.8) is 0 Å². The second-order valence-electron chi connectivity index (χ2n) is 7.55. The van der Waals surface area contributed by atoms with Gasteiger partial charge in [0.1, 0.15) is 5.75 Å². The van der Waals surface area contributed by atoms with Crippen LogP contribution in [0.15, 0.2) is 42.5 Å². The first-order valence-corrected chi connectivity index (χ1v) is 9.97. The molecule has 1 aliphatic rings. The summed E-state index contributed by atoms with van der Waals surface area (Å²) in [6.45, 7) is 6.15. The third-order valence-electron chi connectivity index (χ3n) is 4.99. The molecule has 0 unspecified atom stereocenters. The quantitative estimate of drug-likeness (QED) is 0.509. The van der Waals surface area contributed by atoms with Crippen molar-refractivity contribution in [2.24, 2.45) is 0 Å². The number of fused-ring (bicyclic) bond motifs is 1. The van der Waals surface area contributed by atoms with Gasteiger partial charge in [-0.2, -0.15) is 0 Å². The number of rotatable bonds is 8. The van der Waals surface area contributed by atoms with E-state index in [0.717, 1.165) is 5.56 Å². The number of amides is 2. The van der Waals surface area contributed by atoms with Crippen LogP contribution < -0.4 is 15.4 Å². The van der Waals surface area contributed by atoms with Gasteiger partial charge in [0.2, 0.25) is 5.91 Å². The highest BCUT2D eigenvalue weighted by Gasteiger charge is 2.38. The number of hydrogen-bond acceptors (Lipinski definition) is 5. The summed E-state index contributed by atoms with van der Waals surface area (Å²) >= 11 is 0. The van der Waals surface area contributed by atoms with Crippen LogP contribution in [0.25, 0.3) is 0 Å². The smallest absolute Gasteiger partial charge is 0.305 e. The number of hydrogen-bond donors (Lipinski definition) is 2. The number of esters is 1. The fraction of sp³-hybridized carbons (Fsp3) is 0.348. The van der Waals surface area contributed by atoms with Crippen LogP contribution in [0.3, 0.4) is 0 Å². The zero-order valence-corrected chi connectivity index (χ0v) is 17.4. The van der Waals surface area contributed by atoms with Crippen molar-refractivity contribution in [2.75, 3.05) is 23.8 Å². The largest absolute Gasteiger partial charge is 0.491 e. The van der Waals surface area contributed by atoms with Crippen molar-refractivity contribution in [2.45, 2.75) is 39.0 Å². The molecule has 1 aliphatic heterocycles. The Morgan fingerprint density at radius 3 is 2.67 bits per heavy atom. The highest BCUT2D eigenvalue weighted by molar-refractivity contribution is 6.09. The molecule has 2 amide bonds. The number of carbonyl (C=O) groups is 3. The van der Waals surface area contributed by atoms with E-state index in [2.05, 4.69) is 10.6 Å². The number of para-hydroxylation sites is 2. The van der Waals surface area contributed by atoms with Gasteiger partial charge in [-0.3, -0.25) is 14.4 Å². The second kappa shape index (κ2) is 8.98. The van der Waals surface area contributed by atoms with E-state index in [9.17, 15) is 14.4 Å². The third kappa shape index (κ3) is 4.62. The average molecular weight is 410 g/mol. The van der Waals surface area contributed by atoms with E-state index < -0.39 is 5.41 Å². The Morgan fingerprint density at radius 1 is 1.13 bits per heavy atom. The Labute approximate surface area is 175 Å². The Kier molecular flexibility index (Phi) is 6.40. The van der Waals surface area contributed by atoms with Crippen molar-refractivity contribution in [1.29, 1.82) is 0 Å². The lowest BCUT2D eigenvalue weighted by atomic mass is 9.86. The van der Waals surface area contributed by atoms with Crippen molar-refractivity contribution < 1.29 is 23.9 Å². The number of ether oxygens (including phenoxy) is 2. The summed E-state index contributed by atoms with van der Waals surface area (Å²) in [5.41, 5.74) is 1.87. The fourth-order valence-electron chi connectivity index (χ4n) is 3.26. The van der Waals surface area contributed by atoms with E-state index in [1.54, 1.807) is 43.3 Å². The molecular formula is C23H26N2O5. The van der Waals surface area contributed by atoms with Crippen molar-refractivity contribution in [3.8, 4) is 5.75 Å². The van der Waals surface area contributed by atoms with Gasteiger partial charge < -0.3 is 20.1 Å². The molecule has 0 saturated heterocycles. The summed E-state index contributed by atoms with van der Waals surface area (Å²) in [4.78, 5) is 36.3. The van der Waals surface area contributed by atoms with Gasteiger partial charge in [-0.15, -0.1) is 0 Å². The predicted octanol–water partition coefficient (Wildman–Crippen LogP) is 3.89. The average Bonchev–Trinajstić information content (AvgIpc) is 2.94. The number of benzene rings is 2. The Balaban J connectivity index is 1.65. The Hall–Kier alpha value is -3.35. The molecule has 7 heteroatoms. The molecule has 1 heterocycles. The first-order chi connectivity index (χ1) is 14.3. The van der Waals surface area contributed by atoms with Gasteiger partial charge in [-0.05, 0) is 57.0 Å². The maximum Gasteiger partial charge on any atom is 0.305 e. The minimum atomic E-state index is -0.617. The highest BCUT2D eigenvalue weighted by Crippen LogP contribution is 2.37. The normalized spacial score (nSPS) is 13.9. The summed E-state index contributed by atoms with van der Waals surface area (Å²) in [5, 5.41) is 5.68. The third-order valence-corrected chi connectivity index (χ3v) is 4.99. The van der Waals surface area contributed by atoms with Crippen molar-refractivity contribution >= 4 is 29.2 Å². The Bertz CT molecular complexity index is 968. The van der Waals surface area contributed by atoms with Crippen molar-refractivity contribution in [3.05, 3.63) is 53.6 Å². The molecule has 2 aromatic carbocycles. The number of anilines is 2. The van der Waals surface area contributed by atoms with E-state index in [-0.39, 0.29) is 24.2 Å². The number of nitrogens with one attached hydrogen (secondary N) is 2. The highest BCUT2D eigenvalue weighted by atomic mass is 16.5. The van der Waals surface area contributed by atoms with Crippen LogP contribution in [0.2, 0.25) is 0 Å². The second-order valence-corrected chi connectivity index (χ2v) is 7.55. The molecule has 0 fully saturated rings. The molecule has 0 aliphatic carbocycles. The Morgan fingerprint density at radius 2 is 1.90 bits per heavy atom. The van der Waals surface area contributed by atoms with Crippen LogP contribution in [0.5, 0.6) is 5.75 Å². The molecule has 2 N–H and O–H groups in total. The molecule has 30 heavy (non-hydrogen) atoms. The zero-order valence-electron chi connectivity index (χ0n) is 17.4. The van der Waals surface area contributed by atoms with Crippen LogP contribution in [0.4, 0.5) is 11.4 Å². The molecule has 0 bridgehead atoms. The number of carbonyl (C=O) groups excluding carboxylic acids is 3. The molecule has 0 spiro atoms. The van der Waals surface area contributed by atoms with Gasteiger partial charge in [-0.1, -0.05) is 18.2 Å². The van der Waals surface area contributed by atoms with Gasteiger partial charge >= 0.3 is 5.97 Å². The van der Waals surface area contributed by atoms with E-state index >= 15 is 0 Å². The molecule has 0 radical (unpaired) electrons. The fourth-order valence-corrected chi connectivity index (χ4v) is 3.26. The SMILES string of the molecule is CCOC(=O)CCCOc1ccccc1NC(=O)c1ccc2c(c1)NC(=O)C2(C)C. The van der Waals surface area contributed by atoms with Gasteiger partial charge in [0.15, 0.2) is 0 Å². The monoisotopic (exact) mass is 410 g/mol. The topological polar surface area (TPSA) is 93.7 Å². The van der Waals surface area contributed by atoms with Gasteiger partial charge in [0.25, 0.3) is 5.91 Å². The van der Waals surface area contributed by atoms with Gasteiger partial charge in [-0.25, -0.2) is 0 Å². The lowest BCUT2D eigenvalue weighted by molar-refractivity contribution is -0.143. The molecular weight excluding hydrogens is 384 g/mol. The maximum absolute atomic E-state index is 12.8. The molecule has 0 saturated carbocycles. The summed E-state index contributed by atoms with van der Waals surface area (Å²) < 4.78 is 10.6. The summed E-state index contributed by atoms with van der Waals surface area (Å²) in [7, 11) is 0. The van der Waals surface area contributed by atoms with Crippen LogP contribution in [-0.4, -0.2) is 31.0 Å². The van der Waals surface area contributed by atoms with E-state index in [1.807, 2.05) is 19.9 Å². The molecule has 0 atom stereocenters. The van der Waals surface area contributed by atoms with E-state index in [4.69, 9.17) is 9.47 Å². The van der Waals surface area contributed by atoms with E-state index in [0.29, 0.717) is 42.3 Å². The van der Waals surface area contributed by atoms with Crippen LogP contribution in [0, 0.1) is 0 Å². The van der Waals surface area contributed by atoms with Crippen LogP contribution in [-0.2, 0) is 19.7 Å². The van der Waals surface area contributed by atoms with Gasteiger partial charge in [0, 0.05) is 17.7 Å². The molecule has 7 nitrogen and oxygen atoms in total. The molecule has 158 valence electrons. The standard InChI is InChI=1S/C23H26N2O5/c1-4-29-20(26)10-7-13-30-19-9-6-5-8-17(19)24-21(27)15-11-12-16-18(14-15)25-22(28)23(16,2)3/h5-6,8-9,11-12,14H,4,7,10,13H2,1-3H3,(H,24,27)(H,25,28). The lowest BCUT2D eigenvalue weighted by Crippen LogP contribution is -2.26. The van der Waals surface area contributed by atoms with Crippen molar-refractivity contribution in [1.82, 2.24) is 0 Å². The van der Waals surface area contributed by atoms with Crippen LogP contribution >= 0.6 is 0 Å². The maximum atomic E-state index is 12.8. The first-order valence-electron chi connectivity index (χ1n) is 9.97. The van der Waals surface area contributed by atoms with Gasteiger partial charge in [0.05, 0.1) is 24.3 Å². The zero-order chi connectivity index (χ0) is 21.7.